The molecule has 34 heavy (non-hydrogen) atoms. The van der Waals surface area contributed by atoms with Gasteiger partial charge in [-0.15, -0.1) is 0 Å². The van der Waals surface area contributed by atoms with Crippen molar-refractivity contribution >= 4 is 39.4 Å². The molecule has 6 nitrogen and oxygen atoms in total. The minimum absolute atomic E-state index is 0.118. The summed E-state index contributed by atoms with van der Waals surface area (Å²) in [6.45, 7) is 2.97. The summed E-state index contributed by atoms with van der Waals surface area (Å²) in [5, 5.41) is 0.755. The number of aromatic nitrogens is 1. The van der Waals surface area contributed by atoms with Gasteiger partial charge in [-0.25, -0.2) is 13.4 Å². The van der Waals surface area contributed by atoms with E-state index < -0.39 is 10.0 Å². The molecule has 4 rings (SSSR count). The molecule has 0 unspecified atom stereocenters. The van der Waals surface area contributed by atoms with Crippen LogP contribution in [0, 0.1) is 0 Å². The number of pyridine rings is 1. The van der Waals surface area contributed by atoms with Crippen LogP contribution in [0.2, 0.25) is 0 Å². The first-order valence-corrected chi connectivity index (χ1v) is 14.1. The number of piperidine rings is 1. The second-order valence-corrected chi connectivity index (χ2v) is 11.7. The van der Waals surface area contributed by atoms with E-state index in [9.17, 15) is 8.42 Å². The summed E-state index contributed by atoms with van der Waals surface area (Å²) < 4.78 is 35.5. The maximum absolute atomic E-state index is 13.2. The summed E-state index contributed by atoms with van der Waals surface area (Å²) in [4.78, 5) is 5.97. The molecule has 1 aromatic heterocycles. The molecule has 9 heteroatoms. The lowest BCUT2D eigenvalue weighted by atomic mass is 10.1. The minimum atomic E-state index is -3.51. The zero-order chi connectivity index (χ0) is 24.1. The maximum atomic E-state index is 13.2. The van der Waals surface area contributed by atoms with Gasteiger partial charge in [-0.2, -0.15) is 4.31 Å². The van der Waals surface area contributed by atoms with Crippen molar-refractivity contribution < 1.29 is 13.2 Å². The Morgan fingerprint density at radius 1 is 1.12 bits per heavy atom. The smallest absolute Gasteiger partial charge is 0.243 e. The van der Waals surface area contributed by atoms with Crippen LogP contribution in [0.3, 0.4) is 0 Å². The highest BCUT2D eigenvalue weighted by molar-refractivity contribution is 8.04. The van der Waals surface area contributed by atoms with E-state index in [-0.39, 0.29) is 6.04 Å². The van der Waals surface area contributed by atoms with E-state index >= 15 is 0 Å². The molecule has 1 aromatic carbocycles. The van der Waals surface area contributed by atoms with Crippen LogP contribution in [0.25, 0.3) is 0 Å². The van der Waals surface area contributed by atoms with E-state index in [1.165, 1.54) is 0 Å². The number of aryl methyl sites for hydroxylation is 1. The Kier molecular flexibility index (Phi) is 8.24. The van der Waals surface area contributed by atoms with E-state index in [4.69, 9.17) is 16.3 Å². The first-order chi connectivity index (χ1) is 16.4. The zero-order valence-electron chi connectivity index (χ0n) is 19.5. The van der Waals surface area contributed by atoms with Crippen molar-refractivity contribution in [2.45, 2.75) is 50.0 Å². The lowest BCUT2D eigenvalue weighted by Crippen LogP contribution is -2.45. The second-order valence-electron chi connectivity index (χ2n) is 8.30. The van der Waals surface area contributed by atoms with Crippen molar-refractivity contribution in [2.75, 3.05) is 24.5 Å². The number of anilines is 1. The average Bonchev–Trinajstić information content (AvgIpc) is 2.88. The van der Waals surface area contributed by atoms with Crippen LogP contribution in [0.5, 0.6) is 5.75 Å². The number of methoxy groups -OCH3 is 1. The van der Waals surface area contributed by atoms with Gasteiger partial charge >= 0.3 is 0 Å². The molecule has 0 radical (unpaired) electrons. The Bertz CT molecular complexity index is 1140. The molecule has 0 amide bonds. The van der Waals surface area contributed by atoms with Gasteiger partial charge < -0.3 is 4.74 Å². The highest BCUT2D eigenvalue weighted by Gasteiger charge is 2.33. The van der Waals surface area contributed by atoms with Crippen LogP contribution in [0.4, 0.5) is 5.82 Å². The lowest BCUT2D eigenvalue weighted by molar-refractivity contribution is 0.322. The van der Waals surface area contributed by atoms with E-state index in [0.29, 0.717) is 36.6 Å². The second kappa shape index (κ2) is 11.2. The van der Waals surface area contributed by atoms with Crippen molar-refractivity contribution in [3.05, 3.63) is 70.2 Å². The summed E-state index contributed by atoms with van der Waals surface area (Å²) in [5.41, 5.74) is 1.13. The predicted molar refractivity (Wildman–Crippen MR) is 140 cm³/mol. The normalized spacial score (nSPS) is 17.7. The van der Waals surface area contributed by atoms with Gasteiger partial charge in [-0.05, 0) is 73.9 Å². The lowest BCUT2D eigenvalue weighted by Gasteiger charge is -2.38. The van der Waals surface area contributed by atoms with Crippen LogP contribution in [0.15, 0.2) is 69.6 Å². The third-order valence-corrected chi connectivity index (χ3v) is 9.81. The van der Waals surface area contributed by atoms with Crippen LogP contribution in [-0.2, 0) is 16.4 Å². The van der Waals surface area contributed by atoms with E-state index in [2.05, 4.69) is 22.3 Å². The SMILES string of the molecule is CCc1ccc(S(=O)(=O)N2CCC(N(SC3=CCCC=C3Cl)c3ccc(OC)cn3)CC2)cc1. The van der Waals surface area contributed by atoms with Crippen molar-refractivity contribution in [1.82, 2.24) is 9.29 Å². The molecule has 0 bridgehead atoms. The topological polar surface area (TPSA) is 62.7 Å². The molecular weight excluding hydrogens is 490 g/mol. The number of hydrogen-bond donors (Lipinski definition) is 0. The molecule has 1 aliphatic carbocycles. The summed E-state index contributed by atoms with van der Waals surface area (Å²) in [7, 11) is -1.89. The molecule has 0 saturated carbocycles. The Morgan fingerprint density at radius 3 is 2.41 bits per heavy atom. The fourth-order valence-corrected chi connectivity index (χ4v) is 7.00. The highest BCUT2D eigenvalue weighted by atomic mass is 35.5. The number of hydrogen-bond acceptors (Lipinski definition) is 6. The number of nitrogens with zero attached hydrogens (tertiary/aromatic N) is 3. The van der Waals surface area contributed by atoms with E-state index in [0.717, 1.165) is 40.6 Å². The van der Waals surface area contributed by atoms with Gasteiger partial charge in [0.25, 0.3) is 0 Å². The molecule has 1 fully saturated rings. The van der Waals surface area contributed by atoms with Gasteiger partial charge in [-0.3, -0.25) is 4.31 Å². The molecule has 0 atom stereocenters. The van der Waals surface area contributed by atoms with Gasteiger partial charge in [0, 0.05) is 24.0 Å². The number of rotatable bonds is 8. The predicted octanol–water partition coefficient (Wildman–Crippen LogP) is 5.76. The molecule has 1 saturated heterocycles. The molecule has 0 N–H and O–H groups in total. The maximum Gasteiger partial charge on any atom is 0.243 e. The van der Waals surface area contributed by atoms with Crippen molar-refractivity contribution in [1.29, 1.82) is 0 Å². The van der Waals surface area contributed by atoms with Gasteiger partial charge in [0.05, 0.1) is 23.2 Å². The fourth-order valence-electron chi connectivity index (χ4n) is 4.10. The molecule has 2 aliphatic rings. The quantitative estimate of drug-likeness (QED) is 0.413. The van der Waals surface area contributed by atoms with Crippen LogP contribution < -0.4 is 9.04 Å². The minimum Gasteiger partial charge on any atom is -0.495 e. The average molecular weight is 520 g/mol. The monoisotopic (exact) mass is 519 g/mol. The molecule has 2 heterocycles. The van der Waals surface area contributed by atoms with Gasteiger partial charge in [0.2, 0.25) is 10.0 Å². The molecule has 182 valence electrons. The zero-order valence-corrected chi connectivity index (χ0v) is 21.9. The Morgan fingerprint density at radius 2 is 1.82 bits per heavy atom. The number of benzene rings is 1. The van der Waals surface area contributed by atoms with Gasteiger partial charge in [-0.1, -0.05) is 42.8 Å². The number of sulfonamides is 1. The molecule has 1 aliphatic heterocycles. The summed E-state index contributed by atoms with van der Waals surface area (Å²) >= 11 is 8.07. The van der Waals surface area contributed by atoms with E-state index in [1.54, 1.807) is 41.7 Å². The Hall–Kier alpha value is -2.00. The first kappa shape index (κ1) is 25.1. The summed E-state index contributed by atoms with van der Waals surface area (Å²) in [6.07, 6.45) is 10.1. The van der Waals surface area contributed by atoms with E-state index in [1.807, 2.05) is 30.3 Å². The third-order valence-electron chi connectivity index (χ3n) is 6.16. The van der Waals surface area contributed by atoms with Crippen LogP contribution >= 0.6 is 23.5 Å². The van der Waals surface area contributed by atoms with Gasteiger partial charge in [0.1, 0.15) is 11.6 Å². The third kappa shape index (κ3) is 5.62. The fraction of sp³-hybridized carbons (Fsp3) is 0.400. The molecule has 2 aromatic rings. The molecular formula is C25H30ClN3O3S2. The largest absolute Gasteiger partial charge is 0.495 e. The Labute approximate surface area is 211 Å². The Balaban J connectivity index is 1.51. The number of ether oxygens (including phenoxy) is 1. The van der Waals surface area contributed by atoms with Crippen molar-refractivity contribution in [3.8, 4) is 5.75 Å². The molecule has 0 spiro atoms. The van der Waals surface area contributed by atoms with Crippen molar-refractivity contribution in [2.24, 2.45) is 0 Å². The standard InChI is InChI=1S/C25H30ClN3O3S2/c1-3-19-8-11-22(12-9-19)34(30,31)28-16-14-20(15-17-28)29(25-13-10-21(32-2)18-27-25)33-24-7-5-4-6-23(24)26/h6-13,18,20H,3-5,14-17H2,1-2H3. The summed E-state index contributed by atoms with van der Waals surface area (Å²) in [6, 6.07) is 11.2. The van der Waals surface area contributed by atoms with Crippen LogP contribution in [-0.4, -0.2) is 43.9 Å². The van der Waals surface area contributed by atoms with Crippen molar-refractivity contribution in [3.63, 3.8) is 0 Å². The van der Waals surface area contributed by atoms with Gasteiger partial charge in [0.15, 0.2) is 0 Å². The number of halogens is 1. The summed E-state index contributed by atoms with van der Waals surface area (Å²) in [5.74, 6) is 1.50. The highest BCUT2D eigenvalue weighted by Crippen LogP contribution is 2.39. The first-order valence-electron chi connectivity index (χ1n) is 11.5. The van der Waals surface area contributed by atoms with Crippen LogP contribution in [0.1, 0.15) is 38.2 Å². The number of allylic oxidation sites excluding steroid dienone is 3.